The molecule has 7 nitrogen and oxygen atoms in total. The first-order chi connectivity index (χ1) is 9.28. The minimum Gasteiger partial charge on any atom is -0.481 e. The quantitative estimate of drug-likeness (QED) is 0.732. The molecule has 0 aliphatic heterocycles. The maximum atomic E-state index is 11.6. The van der Waals surface area contributed by atoms with Crippen molar-refractivity contribution in [1.29, 1.82) is 0 Å². The van der Waals surface area contributed by atoms with Crippen LogP contribution in [-0.4, -0.2) is 23.0 Å². The van der Waals surface area contributed by atoms with Crippen LogP contribution in [0, 0.1) is 5.41 Å². The number of carbonyl (C=O) groups excluding carboxylic acids is 2. The molecule has 0 unspecified atom stereocenters. The first-order valence-electron chi connectivity index (χ1n) is 6.09. The molecule has 0 spiro atoms. The van der Waals surface area contributed by atoms with Crippen molar-refractivity contribution >= 4 is 17.9 Å². The Bertz CT molecular complexity index is 479. The Morgan fingerprint density at radius 2 is 2.00 bits per heavy atom. The summed E-state index contributed by atoms with van der Waals surface area (Å²) in [5, 5.41) is 13.4. The van der Waals surface area contributed by atoms with E-state index in [1.54, 1.807) is 19.9 Å². The number of carboxylic acids is 1. The molecule has 0 radical (unpaired) electrons. The van der Waals surface area contributed by atoms with Gasteiger partial charge in [0.05, 0.1) is 18.9 Å². The molecule has 1 rings (SSSR count). The van der Waals surface area contributed by atoms with Crippen molar-refractivity contribution < 1.29 is 23.9 Å². The van der Waals surface area contributed by atoms with E-state index in [9.17, 15) is 14.4 Å². The molecule has 3 amide bonds. The van der Waals surface area contributed by atoms with Crippen LogP contribution >= 0.6 is 0 Å². The van der Waals surface area contributed by atoms with Gasteiger partial charge in [-0.15, -0.1) is 0 Å². The summed E-state index contributed by atoms with van der Waals surface area (Å²) < 4.78 is 4.84. The summed E-state index contributed by atoms with van der Waals surface area (Å²) in [6, 6.07) is 1.07. The predicted molar refractivity (Wildman–Crippen MR) is 69.7 cm³/mol. The molecule has 1 heterocycles. The number of imide groups is 1. The van der Waals surface area contributed by atoms with Gasteiger partial charge in [-0.25, -0.2) is 4.79 Å². The van der Waals surface area contributed by atoms with Crippen LogP contribution in [-0.2, 0) is 16.1 Å². The van der Waals surface area contributed by atoms with E-state index in [-0.39, 0.29) is 19.4 Å². The third-order valence-electron chi connectivity index (χ3n) is 2.56. The van der Waals surface area contributed by atoms with Crippen LogP contribution in [0.5, 0.6) is 0 Å². The van der Waals surface area contributed by atoms with E-state index >= 15 is 0 Å². The maximum Gasteiger partial charge on any atom is 0.321 e. The number of hydrogen-bond donors (Lipinski definition) is 3. The van der Waals surface area contributed by atoms with E-state index in [1.807, 2.05) is 0 Å². The van der Waals surface area contributed by atoms with Crippen LogP contribution in [0.15, 0.2) is 23.0 Å². The van der Waals surface area contributed by atoms with Gasteiger partial charge in [0.25, 0.3) is 0 Å². The molecule has 1 aromatic rings. The topological polar surface area (TPSA) is 109 Å². The molecule has 0 saturated carbocycles. The number of aliphatic carboxylic acids is 1. The third-order valence-corrected chi connectivity index (χ3v) is 2.56. The number of urea groups is 1. The molecule has 0 aliphatic carbocycles. The molecular weight excluding hydrogens is 264 g/mol. The van der Waals surface area contributed by atoms with Crippen LogP contribution < -0.4 is 10.6 Å². The highest BCUT2D eigenvalue weighted by atomic mass is 16.4. The Labute approximate surface area is 116 Å². The van der Waals surface area contributed by atoms with Crippen LogP contribution in [0.4, 0.5) is 4.79 Å². The Morgan fingerprint density at radius 1 is 1.30 bits per heavy atom. The van der Waals surface area contributed by atoms with Gasteiger partial charge in [0, 0.05) is 18.5 Å². The van der Waals surface area contributed by atoms with Crippen molar-refractivity contribution in [3.63, 3.8) is 0 Å². The molecule has 0 aromatic carbocycles. The van der Waals surface area contributed by atoms with Gasteiger partial charge in [-0.2, -0.15) is 0 Å². The van der Waals surface area contributed by atoms with Gasteiger partial charge in [-0.3, -0.25) is 14.9 Å². The zero-order valence-electron chi connectivity index (χ0n) is 11.4. The summed E-state index contributed by atoms with van der Waals surface area (Å²) in [6.45, 7) is 3.56. The molecule has 0 fully saturated rings. The summed E-state index contributed by atoms with van der Waals surface area (Å²) in [5.41, 5.74) is 0.0691. The van der Waals surface area contributed by atoms with Crippen molar-refractivity contribution in [2.24, 2.45) is 5.41 Å². The highest BCUT2D eigenvalue weighted by Crippen LogP contribution is 2.24. The fourth-order valence-electron chi connectivity index (χ4n) is 1.70. The molecular formula is C13H18N2O5. The molecule has 0 saturated heterocycles. The van der Waals surface area contributed by atoms with Crippen molar-refractivity contribution in [1.82, 2.24) is 10.6 Å². The number of nitrogens with one attached hydrogen (secondary N) is 2. The Hall–Kier alpha value is -2.31. The van der Waals surface area contributed by atoms with Gasteiger partial charge in [-0.05, 0) is 11.5 Å². The lowest BCUT2D eigenvalue weighted by Crippen LogP contribution is -2.40. The summed E-state index contributed by atoms with van der Waals surface area (Å²) >= 11 is 0. The fraction of sp³-hybridized carbons (Fsp3) is 0.462. The fourth-order valence-corrected chi connectivity index (χ4v) is 1.70. The van der Waals surface area contributed by atoms with E-state index in [2.05, 4.69) is 10.6 Å². The van der Waals surface area contributed by atoms with Crippen molar-refractivity contribution in [3.8, 4) is 0 Å². The van der Waals surface area contributed by atoms with Crippen LogP contribution in [0.2, 0.25) is 0 Å². The number of hydrogen-bond acceptors (Lipinski definition) is 4. The normalized spacial score (nSPS) is 10.9. The molecule has 110 valence electrons. The Kier molecular flexibility index (Phi) is 5.31. The zero-order valence-corrected chi connectivity index (χ0v) is 11.4. The molecule has 0 atom stereocenters. The molecule has 0 aliphatic rings. The monoisotopic (exact) mass is 282 g/mol. The van der Waals surface area contributed by atoms with Crippen LogP contribution in [0.3, 0.4) is 0 Å². The number of carboxylic acid groups (broad SMARTS) is 1. The SMILES string of the molecule is CC(C)(CC(=O)O)CC(=O)NC(=O)NCc1ccoc1. The largest absolute Gasteiger partial charge is 0.481 e. The Balaban J connectivity index is 2.34. The first kappa shape index (κ1) is 15.7. The smallest absolute Gasteiger partial charge is 0.321 e. The lowest BCUT2D eigenvalue weighted by Gasteiger charge is -2.21. The Morgan fingerprint density at radius 3 is 2.55 bits per heavy atom. The molecule has 1 aromatic heterocycles. The minimum atomic E-state index is -0.979. The van der Waals surface area contributed by atoms with Gasteiger partial charge >= 0.3 is 12.0 Å². The highest BCUT2D eigenvalue weighted by Gasteiger charge is 2.25. The van der Waals surface area contributed by atoms with E-state index in [0.29, 0.717) is 0 Å². The second kappa shape index (κ2) is 6.74. The minimum absolute atomic E-state index is 0.0432. The maximum absolute atomic E-state index is 11.6. The number of amides is 3. The average molecular weight is 282 g/mol. The summed E-state index contributed by atoms with van der Waals surface area (Å²) in [7, 11) is 0. The van der Waals surface area contributed by atoms with Gasteiger partial charge in [0.15, 0.2) is 0 Å². The van der Waals surface area contributed by atoms with E-state index < -0.39 is 23.3 Å². The standard InChI is InChI=1S/C13H18N2O5/c1-13(2,6-11(17)18)5-10(16)15-12(19)14-7-9-3-4-20-8-9/h3-4,8H,5-7H2,1-2H3,(H,17,18)(H2,14,15,16,19). The van der Waals surface area contributed by atoms with Gasteiger partial charge in [0.1, 0.15) is 0 Å². The van der Waals surface area contributed by atoms with Crippen molar-refractivity contribution in [3.05, 3.63) is 24.2 Å². The molecule has 3 N–H and O–H groups in total. The van der Waals surface area contributed by atoms with Gasteiger partial charge < -0.3 is 14.8 Å². The number of furan rings is 1. The number of rotatable bonds is 6. The van der Waals surface area contributed by atoms with Gasteiger partial charge in [0.2, 0.25) is 5.91 Å². The van der Waals surface area contributed by atoms with E-state index in [0.717, 1.165) is 5.56 Å². The molecule has 7 heteroatoms. The predicted octanol–water partition coefficient (Wildman–Crippen LogP) is 1.50. The van der Waals surface area contributed by atoms with Gasteiger partial charge in [-0.1, -0.05) is 13.8 Å². The summed E-state index contributed by atoms with van der Waals surface area (Å²) in [6.07, 6.45) is 2.78. The van der Waals surface area contributed by atoms with Crippen LogP contribution in [0.25, 0.3) is 0 Å². The third kappa shape index (κ3) is 6.03. The van der Waals surface area contributed by atoms with E-state index in [1.165, 1.54) is 12.5 Å². The van der Waals surface area contributed by atoms with Crippen LogP contribution in [0.1, 0.15) is 32.3 Å². The molecule has 0 bridgehead atoms. The lowest BCUT2D eigenvalue weighted by atomic mass is 9.85. The van der Waals surface area contributed by atoms with Crippen molar-refractivity contribution in [2.45, 2.75) is 33.2 Å². The first-order valence-corrected chi connectivity index (χ1v) is 6.09. The highest BCUT2D eigenvalue weighted by molar-refractivity contribution is 5.94. The summed E-state index contributed by atoms with van der Waals surface area (Å²) in [4.78, 5) is 33.7. The van der Waals surface area contributed by atoms with E-state index in [4.69, 9.17) is 9.52 Å². The second-order valence-electron chi connectivity index (χ2n) is 5.27. The van der Waals surface area contributed by atoms with Crippen molar-refractivity contribution in [2.75, 3.05) is 0 Å². The lowest BCUT2D eigenvalue weighted by molar-refractivity contribution is -0.139. The summed E-state index contributed by atoms with van der Waals surface area (Å²) in [5.74, 6) is -1.49. The zero-order chi connectivity index (χ0) is 15.2. The second-order valence-corrected chi connectivity index (χ2v) is 5.27. The number of carbonyl (C=O) groups is 3. The molecule has 20 heavy (non-hydrogen) atoms. The average Bonchev–Trinajstić information content (AvgIpc) is 2.75.